The molecule has 0 unspecified atom stereocenters. The molecule has 0 spiro atoms. The third kappa shape index (κ3) is 5.87. The minimum Gasteiger partial charge on any atom is -0.488 e. The molecule has 4 rings (SSSR count). The lowest BCUT2D eigenvalue weighted by Gasteiger charge is -2.09. The highest BCUT2D eigenvalue weighted by atomic mass is 127. The number of carboxylic acids is 1. The highest BCUT2D eigenvalue weighted by molar-refractivity contribution is 14.1. The van der Waals surface area contributed by atoms with E-state index in [-0.39, 0.29) is 11.5 Å². The zero-order chi connectivity index (χ0) is 24.2. The first-order valence-corrected chi connectivity index (χ1v) is 12.3. The number of aliphatic imine (C=N–C) groups is 1. The van der Waals surface area contributed by atoms with Crippen LogP contribution in [0.5, 0.6) is 5.75 Å². The average molecular weight is 584 g/mol. The first kappa shape index (κ1) is 24.0. The smallest absolute Gasteiger partial charge is 0.335 e. The van der Waals surface area contributed by atoms with Gasteiger partial charge in [-0.25, -0.2) is 9.79 Å². The molecule has 6 nitrogen and oxygen atoms in total. The Morgan fingerprint density at radius 2 is 1.88 bits per heavy atom. The summed E-state index contributed by atoms with van der Waals surface area (Å²) in [6.45, 7) is 4.36. The number of amidine groups is 1. The molecule has 172 valence electrons. The summed E-state index contributed by atoms with van der Waals surface area (Å²) in [4.78, 5) is 28.6. The zero-order valence-electron chi connectivity index (χ0n) is 18.5. The lowest BCUT2D eigenvalue weighted by atomic mass is 10.1. The van der Waals surface area contributed by atoms with Gasteiger partial charge in [0.15, 0.2) is 5.17 Å². The number of thioether (sulfide) groups is 1. The largest absolute Gasteiger partial charge is 0.488 e. The van der Waals surface area contributed by atoms with E-state index in [9.17, 15) is 9.59 Å². The van der Waals surface area contributed by atoms with Gasteiger partial charge in [0, 0.05) is 0 Å². The average Bonchev–Trinajstić information content (AvgIpc) is 3.14. The fourth-order valence-corrected chi connectivity index (χ4v) is 4.83. The van der Waals surface area contributed by atoms with Crippen molar-refractivity contribution in [3.8, 4) is 5.75 Å². The van der Waals surface area contributed by atoms with Crippen molar-refractivity contribution in [2.75, 3.05) is 0 Å². The summed E-state index contributed by atoms with van der Waals surface area (Å²) >= 11 is 3.51. The van der Waals surface area contributed by atoms with Gasteiger partial charge in [-0.05, 0) is 101 Å². The molecular weight excluding hydrogens is 563 g/mol. The molecule has 1 fully saturated rings. The maximum absolute atomic E-state index is 12.5. The molecular formula is C26H21IN2O4S. The Bertz CT molecular complexity index is 1330. The van der Waals surface area contributed by atoms with Crippen molar-refractivity contribution in [1.82, 2.24) is 5.32 Å². The summed E-state index contributed by atoms with van der Waals surface area (Å²) in [5.74, 6) is -0.413. The number of aromatic carboxylic acids is 1. The molecule has 1 aliphatic heterocycles. The van der Waals surface area contributed by atoms with Crippen LogP contribution in [-0.4, -0.2) is 22.2 Å². The second kappa shape index (κ2) is 10.4. The third-order valence-electron chi connectivity index (χ3n) is 5.07. The molecule has 3 aromatic rings. The number of aryl methyl sites for hydroxylation is 2. The Morgan fingerprint density at radius 1 is 1.12 bits per heavy atom. The zero-order valence-corrected chi connectivity index (χ0v) is 21.4. The predicted octanol–water partition coefficient (Wildman–Crippen LogP) is 6.08. The quantitative estimate of drug-likeness (QED) is 0.271. The number of benzene rings is 3. The number of nitrogens with one attached hydrogen (secondary N) is 1. The summed E-state index contributed by atoms with van der Waals surface area (Å²) in [7, 11) is 0. The van der Waals surface area contributed by atoms with Crippen molar-refractivity contribution in [2.24, 2.45) is 4.99 Å². The minimum absolute atomic E-state index is 0.173. The van der Waals surface area contributed by atoms with Gasteiger partial charge in [0.05, 0.1) is 19.7 Å². The van der Waals surface area contributed by atoms with Crippen LogP contribution in [-0.2, 0) is 11.4 Å². The molecule has 3 aromatic carbocycles. The van der Waals surface area contributed by atoms with Crippen LogP contribution in [0.4, 0.5) is 5.69 Å². The fraction of sp³-hybridized carbons (Fsp3) is 0.115. The summed E-state index contributed by atoms with van der Waals surface area (Å²) in [5, 5.41) is 12.4. The Labute approximate surface area is 215 Å². The first-order valence-electron chi connectivity index (χ1n) is 10.4. The van der Waals surface area contributed by atoms with Gasteiger partial charge in [0.1, 0.15) is 12.4 Å². The molecule has 0 atom stereocenters. The van der Waals surface area contributed by atoms with Crippen LogP contribution < -0.4 is 10.1 Å². The molecule has 8 heteroatoms. The van der Waals surface area contributed by atoms with Crippen LogP contribution in [0, 0.1) is 17.4 Å². The number of nitrogens with zero attached hydrogens (tertiary/aromatic N) is 1. The molecule has 0 aliphatic carbocycles. The SMILES string of the molecule is Cc1ccc(N=C2NC(=O)/C(=C/c3ccc(OCc4ccc(C(=O)O)cc4)c(I)c3)S2)c(C)c1. The lowest BCUT2D eigenvalue weighted by molar-refractivity contribution is -0.115. The summed E-state index contributed by atoms with van der Waals surface area (Å²) < 4.78 is 6.80. The monoisotopic (exact) mass is 584 g/mol. The number of halogens is 1. The number of amides is 1. The Morgan fingerprint density at radius 3 is 2.56 bits per heavy atom. The van der Waals surface area contributed by atoms with E-state index in [1.165, 1.54) is 17.3 Å². The van der Waals surface area contributed by atoms with Gasteiger partial charge in [-0.15, -0.1) is 0 Å². The number of hydrogen-bond acceptors (Lipinski definition) is 5. The number of ether oxygens (including phenoxy) is 1. The van der Waals surface area contributed by atoms with Crippen molar-refractivity contribution < 1.29 is 19.4 Å². The van der Waals surface area contributed by atoms with Crippen molar-refractivity contribution in [3.63, 3.8) is 0 Å². The molecule has 0 saturated carbocycles. The van der Waals surface area contributed by atoms with Crippen LogP contribution in [0.25, 0.3) is 6.08 Å². The van der Waals surface area contributed by atoms with E-state index in [1.54, 1.807) is 24.3 Å². The van der Waals surface area contributed by atoms with Gasteiger partial charge < -0.3 is 15.2 Å². The second-order valence-corrected chi connectivity index (χ2v) is 9.95. The van der Waals surface area contributed by atoms with Crippen molar-refractivity contribution >= 4 is 63.2 Å². The Balaban J connectivity index is 1.44. The van der Waals surface area contributed by atoms with Crippen LogP contribution >= 0.6 is 34.4 Å². The molecule has 1 aliphatic rings. The van der Waals surface area contributed by atoms with Crippen LogP contribution in [0.1, 0.15) is 32.6 Å². The van der Waals surface area contributed by atoms with Crippen LogP contribution in [0.3, 0.4) is 0 Å². The number of carboxylic acid groups (broad SMARTS) is 1. The van der Waals surface area contributed by atoms with Crippen molar-refractivity contribution in [1.29, 1.82) is 0 Å². The molecule has 0 bridgehead atoms. The minimum atomic E-state index is -0.954. The number of carbonyl (C=O) groups excluding carboxylic acids is 1. The summed E-state index contributed by atoms with van der Waals surface area (Å²) in [6, 6.07) is 18.3. The van der Waals surface area contributed by atoms with Crippen LogP contribution in [0.15, 0.2) is 70.6 Å². The lowest BCUT2D eigenvalue weighted by Crippen LogP contribution is -2.19. The topological polar surface area (TPSA) is 88.0 Å². The van der Waals surface area contributed by atoms with E-state index in [1.807, 2.05) is 50.3 Å². The number of hydrogen-bond donors (Lipinski definition) is 2. The molecule has 0 aromatic heterocycles. The fourth-order valence-electron chi connectivity index (χ4n) is 3.30. The summed E-state index contributed by atoms with van der Waals surface area (Å²) in [5.41, 5.74) is 5.07. The van der Waals surface area contributed by atoms with Crippen molar-refractivity contribution in [3.05, 3.63) is 97.0 Å². The molecule has 1 heterocycles. The number of carbonyl (C=O) groups is 2. The highest BCUT2D eigenvalue weighted by Crippen LogP contribution is 2.31. The van der Waals surface area contributed by atoms with E-state index < -0.39 is 5.97 Å². The third-order valence-corrected chi connectivity index (χ3v) is 6.83. The standard InChI is InChI=1S/C26H21IN2O4S/c1-15-3-9-21(16(2)11-15)28-26-29-24(30)23(34-26)13-18-6-10-22(20(27)12-18)33-14-17-4-7-19(8-5-17)25(31)32/h3-13H,14H2,1-2H3,(H,31,32)(H,28,29,30)/b23-13-. The molecule has 34 heavy (non-hydrogen) atoms. The first-order chi connectivity index (χ1) is 16.3. The van der Waals surface area contributed by atoms with Gasteiger partial charge in [-0.2, -0.15) is 0 Å². The van der Waals surface area contributed by atoms with Gasteiger partial charge in [-0.3, -0.25) is 4.79 Å². The molecule has 1 amide bonds. The maximum Gasteiger partial charge on any atom is 0.335 e. The van der Waals surface area contributed by atoms with Gasteiger partial charge in [0.25, 0.3) is 5.91 Å². The van der Waals surface area contributed by atoms with E-state index in [2.05, 4.69) is 39.0 Å². The molecule has 2 N–H and O–H groups in total. The van der Waals surface area contributed by atoms with E-state index >= 15 is 0 Å². The Hall–Kier alpha value is -3.11. The Kier molecular flexibility index (Phi) is 7.38. The van der Waals surface area contributed by atoms with Crippen molar-refractivity contribution in [2.45, 2.75) is 20.5 Å². The van der Waals surface area contributed by atoms with Gasteiger partial charge in [-0.1, -0.05) is 35.9 Å². The van der Waals surface area contributed by atoms with Gasteiger partial charge >= 0.3 is 5.97 Å². The maximum atomic E-state index is 12.5. The normalized spacial score (nSPS) is 15.6. The predicted molar refractivity (Wildman–Crippen MR) is 144 cm³/mol. The molecule has 1 saturated heterocycles. The van der Waals surface area contributed by atoms with E-state index in [0.717, 1.165) is 25.9 Å². The van der Waals surface area contributed by atoms with E-state index in [0.29, 0.717) is 22.4 Å². The summed E-state index contributed by atoms with van der Waals surface area (Å²) in [6.07, 6.45) is 1.83. The van der Waals surface area contributed by atoms with Gasteiger partial charge in [0.2, 0.25) is 0 Å². The molecule has 0 radical (unpaired) electrons. The van der Waals surface area contributed by atoms with Crippen LogP contribution in [0.2, 0.25) is 0 Å². The highest BCUT2D eigenvalue weighted by Gasteiger charge is 2.24. The second-order valence-electron chi connectivity index (χ2n) is 7.75. The van der Waals surface area contributed by atoms with E-state index in [4.69, 9.17) is 9.84 Å². The number of rotatable bonds is 6.